The number of ketones is 1. The van der Waals surface area contributed by atoms with Crippen molar-refractivity contribution < 1.29 is 40.6 Å². The minimum absolute atomic E-state index is 0.122. The second kappa shape index (κ2) is 10.3. The Kier molecular flexibility index (Phi) is 7.74. The van der Waals surface area contributed by atoms with Gasteiger partial charge in [0.25, 0.3) is 0 Å². The number of hydrogen-bond donors (Lipinski definition) is 0. The molecule has 0 radical (unpaired) electrons. The maximum absolute atomic E-state index is 13.1. The van der Waals surface area contributed by atoms with Gasteiger partial charge in [-0.2, -0.15) is 31.6 Å². The van der Waals surface area contributed by atoms with Crippen molar-refractivity contribution in [3.8, 4) is 23.4 Å². The van der Waals surface area contributed by atoms with Gasteiger partial charge in [0.2, 0.25) is 5.88 Å². The van der Waals surface area contributed by atoms with E-state index in [0.29, 0.717) is 12.3 Å². The van der Waals surface area contributed by atoms with Crippen molar-refractivity contribution >= 4 is 17.4 Å². The molecule has 0 saturated carbocycles. The highest BCUT2D eigenvalue weighted by atomic mass is 35.5. The largest absolute Gasteiger partial charge is 0.480 e. The van der Waals surface area contributed by atoms with Gasteiger partial charge in [0.05, 0.1) is 17.2 Å². The quantitative estimate of drug-likeness (QED) is 0.287. The molecule has 5 nitrogen and oxygen atoms in total. The fourth-order valence-corrected chi connectivity index (χ4v) is 3.42. The van der Waals surface area contributed by atoms with Gasteiger partial charge in [-0.3, -0.25) is 4.79 Å². The fourth-order valence-electron chi connectivity index (χ4n) is 3.21. The van der Waals surface area contributed by atoms with E-state index in [2.05, 4.69) is 4.98 Å². The molecule has 12 heteroatoms. The van der Waals surface area contributed by atoms with Crippen LogP contribution in [0.1, 0.15) is 36.5 Å². The number of nitrogens with zero attached hydrogens (tertiary/aromatic N) is 2. The summed E-state index contributed by atoms with van der Waals surface area (Å²) in [4.78, 5) is 16.6. The summed E-state index contributed by atoms with van der Waals surface area (Å²) in [6.07, 6.45) is -8.69. The maximum atomic E-state index is 13.1. The summed E-state index contributed by atoms with van der Waals surface area (Å²) in [5.41, 5.74) is -3.77. The smallest absolute Gasteiger partial charge is 0.417 e. The SMILES string of the molecule is CC(C)(Oc1ccc(Oc2ncc(C(F)(F)F)cc2Cl)cc1)C(=O)C(C#N)c1cccc(C(F)(F)F)c1. The molecule has 0 amide bonds. The number of ether oxygens (including phenoxy) is 2. The van der Waals surface area contributed by atoms with Crippen molar-refractivity contribution in [3.63, 3.8) is 0 Å². The van der Waals surface area contributed by atoms with Crippen LogP contribution in [0.15, 0.2) is 60.8 Å². The number of hydrogen-bond acceptors (Lipinski definition) is 5. The first-order chi connectivity index (χ1) is 17.1. The minimum Gasteiger partial charge on any atom is -0.480 e. The predicted octanol–water partition coefficient (Wildman–Crippen LogP) is 7.60. The Morgan fingerprint density at radius 1 is 0.946 bits per heavy atom. The molecule has 0 N–H and O–H groups in total. The molecular formula is C25H17ClF6N2O3. The van der Waals surface area contributed by atoms with Gasteiger partial charge in [-0.05, 0) is 55.8 Å². The Labute approximate surface area is 212 Å². The zero-order chi connectivity index (χ0) is 27.6. The lowest BCUT2D eigenvalue weighted by Crippen LogP contribution is -2.41. The van der Waals surface area contributed by atoms with E-state index in [1.54, 1.807) is 6.07 Å². The van der Waals surface area contributed by atoms with Crippen LogP contribution in [-0.2, 0) is 17.1 Å². The van der Waals surface area contributed by atoms with Crippen molar-refractivity contribution in [2.45, 2.75) is 37.7 Å². The van der Waals surface area contributed by atoms with E-state index in [1.807, 2.05) is 0 Å². The van der Waals surface area contributed by atoms with Gasteiger partial charge < -0.3 is 9.47 Å². The third-order valence-corrected chi connectivity index (χ3v) is 5.35. The standard InChI is InChI=1S/C25H17ClF6N2O3/c1-23(2,21(35)19(12-33)14-4-3-5-15(10-14)24(27,28)29)37-18-8-6-17(7-9-18)36-22-20(26)11-16(13-34-22)25(30,31)32/h3-11,13,19H,1-2H3. The molecule has 0 saturated heterocycles. The fraction of sp³-hybridized carbons (Fsp3) is 0.240. The molecule has 2 aromatic carbocycles. The Morgan fingerprint density at radius 3 is 2.08 bits per heavy atom. The summed E-state index contributed by atoms with van der Waals surface area (Å²) in [7, 11) is 0. The van der Waals surface area contributed by atoms with E-state index >= 15 is 0 Å². The molecule has 0 fully saturated rings. The summed E-state index contributed by atoms with van der Waals surface area (Å²) in [5, 5.41) is 9.17. The van der Waals surface area contributed by atoms with Crippen LogP contribution in [0, 0.1) is 11.3 Å². The molecule has 1 unspecified atom stereocenters. The third-order valence-electron chi connectivity index (χ3n) is 5.08. The van der Waals surface area contributed by atoms with Crippen LogP contribution >= 0.6 is 11.6 Å². The highest BCUT2D eigenvalue weighted by molar-refractivity contribution is 6.31. The summed E-state index contributed by atoms with van der Waals surface area (Å²) < 4.78 is 88.5. The van der Waals surface area contributed by atoms with Crippen molar-refractivity contribution in [1.82, 2.24) is 4.98 Å². The first-order valence-corrected chi connectivity index (χ1v) is 10.8. The van der Waals surface area contributed by atoms with Gasteiger partial charge in [0, 0.05) is 6.20 Å². The number of Topliss-reactive ketones (excluding diaryl/α,β-unsaturated/α-hetero) is 1. The number of carbonyl (C=O) groups excluding carboxylic acids is 1. The van der Waals surface area contributed by atoms with E-state index in [0.717, 1.165) is 18.2 Å². The van der Waals surface area contributed by atoms with Crippen LogP contribution in [0.2, 0.25) is 5.02 Å². The number of aromatic nitrogens is 1. The average Bonchev–Trinajstić information content (AvgIpc) is 2.81. The maximum Gasteiger partial charge on any atom is 0.417 e. The van der Waals surface area contributed by atoms with E-state index in [1.165, 1.54) is 44.2 Å². The molecule has 0 aliphatic carbocycles. The highest BCUT2D eigenvalue weighted by Gasteiger charge is 2.38. The molecular weight excluding hydrogens is 526 g/mol. The summed E-state index contributed by atoms with van der Waals surface area (Å²) in [6.45, 7) is 2.73. The predicted molar refractivity (Wildman–Crippen MR) is 120 cm³/mol. The molecule has 3 aromatic rings. The molecule has 194 valence electrons. The second-order valence-electron chi connectivity index (χ2n) is 8.24. The van der Waals surface area contributed by atoms with E-state index in [-0.39, 0.29) is 28.0 Å². The number of benzene rings is 2. The van der Waals surface area contributed by atoms with E-state index in [9.17, 15) is 36.4 Å². The van der Waals surface area contributed by atoms with Gasteiger partial charge >= 0.3 is 12.4 Å². The molecule has 0 aliphatic heterocycles. The topological polar surface area (TPSA) is 72.2 Å². The van der Waals surface area contributed by atoms with E-state index < -0.39 is 40.8 Å². The lowest BCUT2D eigenvalue weighted by molar-refractivity contribution is -0.138. The molecule has 3 rings (SSSR count). The van der Waals surface area contributed by atoms with Gasteiger partial charge in [-0.15, -0.1) is 0 Å². The van der Waals surface area contributed by atoms with Crippen molar-refractivity contribution in [2.75, 3.05) is 0 Å². The molecule has 1 aromatic heterocycles. The number of carbonyl (C=O) groups is 1. The molecule has 0 spiro atoms. The van der Waals surface area contributed by atoms with Crippen molar-refractivity contribution in [1.29, 1.82) is 5.26 Å². The average molecular weight is 543 g/mol. The van der Waals surface area contributed by atoms with Gasteiger partial charge in [0.1, 0.15) is 22.4 Å². The van der Waals surface area contributed by atoms with Gasteiger partial charge in [0.15, 0.2) is 11.4 Å². The third kappa shape index (κ3) is 6.71. The molecule has 37 heavy (non-hydrogen) atoms. The van der Waals surface area contributed by atoms with Crippen LogP contribution in [-0.4, -0.2) is 16.4 Å². The van der Waals surface area contributed by atoms with E-state index in [4.69, 9.17) is 21.1 Å². The number of pyridine rings is 1. The van der Waals surface area contributed by atoms with Crippen LogP contribution in [0.25, 0.3) is 0 Å². The van der Waals surface area contributed by atoms with Crippen LogP contribution < -0.4 is 9.47 Å². The van der Waals surface area contributed by atoms with Crippen molar-refractivity contribution in [2.24, 2.45) is 0 Å². The monoisotopic (exact) mass is 542 g/mol. The van der Waals surface area contributed by atoms with Crippen molar-refractivity contribution in [3.05, 3.63) is 82.5 Å². The molecule has 1 atom stereocenters. The first kappa shape index (κ1) is 27.8. The van der Waals surface area contributed by atoms with Gasteiger partial charge in [-0.25, -0.2) is 4.98 Å². The number of halogens is 7. The highest BCUT2D eigenvalue weighted by Crippen LogP contribution is 2.36. The van der Waals surface area contributed by atoms with Crippen LogP contribution in [0.3, 0.4) is 0 Å². The summed E-state index contributed by atoms with van der Waals surface area (Å²) >= 11 is 5.83. The second-order valence-corrected chi connectivity index (χ2v) is 8.65. The Morgan fingerprint density at radius 2 is 1.54 bits per heavy atom. The van der Waals surface area contributed by atoms with Crippen LogP contribution in [0.5, 0.6) is 17.4 Å². The molecule has 0 bridgehead atoms. The lowest BCUT2D eigenvalue weighted by atomic mass is 9.86. The zero-order valence-corrected chi connectivity index (χ0v) is 19.9. The Bertz CT molecular complexity index is 1330. The summed E-state index contributed by atoms with van der Waals surface area (Å²) in [6, 6.07) is 11.9. The zero-order valence-electron chi connectivity index (χ0n) is 19.1. The van der Waals surface area contributed by atoms with Crippen LogP contribution in [0.4, 0.5) is 26.3 Å². The normalized spacial score (nSPS) is 13.0. The minimum atomic E-state index is -4.64. The Balaban J connectivity index is 1.74. The Hall–Kier alpha value is -3.78. The molecule has 1 heterocycles. The number of rotatable bonds is 7. The number of nitriles is 1. The summed E-state index contributed by atoms with van der Waals surface area (Å²) in [5.74, 6) is -2.26. The number of alkyl halides is 6. The lowest BCUT2D eigenvalue weighted by Gasteiger charge is -2.27. The first-order valence-electron chi connectivity index (χ1n) is 10.4. The molecule has 0 aliphatic rings. The van der Waals surface area contributed by atoms with Gasteiger partial charge in [-0.1, -0.05) is 29.8 Å².